The van der Waals surface area contributed by atoms with Crippen LogP contribution in [0.4, 0.5) is 5.69 Å². The third-order valence-electron chi connectivity index (χ3n) is 4.13. The van der Waals surface area contributed by atoms with Crippen LogP contribution in [0.25, 0.3) is 6.08 Å². The van der Waals surface area contributed by atoms with E-state index in [-0.39, 0.29) is 11.2 Å². The maximum atomic E-state index is 6.05. The quantitative estimate of drug-likeness (QED) is 0.504. The summed E-state index contributed by atoms with van der Waals surface area (Å²) in [4.78, 5) is 0. The Hall–Kier alpha value is -0.615. The smallest absolute Gasteiger partial charge is 0.400 e. The van der Waals surface area contributed by atoms with Crippen molar-refractivity contribution in [1.82, 2.24) is 0 Å². The average Bonchev–Trinajstić information content (AvgIpc) is 2.59. The standard InChI is InChI=1S/C15H21BClNO2S/c1-14(2)15(3,4)20-16(19-14)11(9-21)7-10-8-12(17)5-6-13(10)18/h5-8,21H,9,18H2,1-4H3. The molecule has 1 aromatic rings. The van der Waals surface area contributed by atoms with Gasteiger partial charge >= 0.3 is 7.12 Å². The molecule has 0 amide bonds. The molecular weight excluding hydrogens is 305 g/mol. The van der Waals surface area contributed by atoms with E-state index in [9.17, 15) is 0 Å². The minimum atomic E-state index is -0.425. The molecule has 1 heterocycles. The highest BCUT2D eigenvalue weighted by Crippen LogP contribution is 2.39. The molecule has 1 aliphatic heterocycles. The number of nitrogens with two attached hydrogens (primary N) is 1. The number of halogens is 1. The van der Waals surface area contributed by atoms with Gasteiger partial charge in [-0.1, -0.05) is 17.7 Å². The third kappa shape index (κ3) is 3.42. The molecule has 6 heteroatoms. The van der Waals surface area contributed by atoms with Crippen LogP contribution in [0.3, 0.4) is 0 Å². The monoisotopic (exact) mass is 325 g/mol. The van der Waals surface area contributed by atoms with Crippen LogP contribution in [-0.2, 0) is 9.31 Å². The summed E-state index contributed by atoms with van der Waals surface area (Å²) in [6, 6.07) is 5.38. The number of hydrogen-bond acceptors (Lipinski definition) is 4. The van der Waals surface area contributed by atoms with Gasteiger partial charge in [0.15, 0.2) is 0 Å². The van der Waals surface area contributed by atoms with Crippen LogP contribution >= 0.6 is 24.2 Å². The lowest BCUT2D eigenvalue weighted by atomic mass is 9.78. The minimum Gasteiger partial charge on any atom is -0.400 e. The van der Waals surface area contributed by atoms with Crippen molar-refractivity contribution in [2.24, 2.45) is 0 Å². The first-order valence-corrected chi connectivity index (χ1v) is 7.89. The Bertz CT molecular complexity index is 559. The highest BCUT2D eigenvalue weighted by molar-refractivity contribution is 7.80. The van der Waals surface area contributed by atoms with Crippen LogP contribution < -0.4 is 5.73 Å². The summed E-state index contributed by atoms with van der Waals surface area (Å²) in [6.45, 7) is 8.10. The van der Waals surface area contributed by atoms with Gasteiger partial charge in [0.25, 0.3) is 0 Å². The molecule has 0 bridgehead atoms. The minimum absolute atomic E-state index is 0.375. The summed E-state index contributed by atoms with van der Waals surface area (Å²) in [5.74, 6) is 0.517. The van der Waals surface area contributed by atoms with E-state index in [1.165, 1.54) is 0 Å². The van der Waals surface area contributed by atoms with Crippen molar-refractivity contribution >= 4 is 43.1 Å². The Balaban J connectivity index is 2.33. The van der Waals surface area contributed by atoms with Gasteiger partial charge in [-0.25, -0.2) is 0 Å². The second-order valence-corrected chi connectivity index (χ2v) is 6.99. The van der Waals surface area contributed by atoms with Gasteiger partial charge in [0.2, 0.25) is 0 Å². The Labute approximate surface area is 137 Å². The number of thiol groups is 1. The second-order valence-electron chi connectivity index (χ2n) is 6.24. The molecule has 1 aliphatic rings. The van der Waals surface area contributed by atoms with Gasteiger partial charge in [-0.3, -0.25) is 0 Å². The van der Waals surface area contributed by atoms with E-state index in [1.807, 2.05) is 39.8 Å². The molecule has 21 heavy (non-hydrogen) atoms. The van der Waals surface area contributed by atoms with E-state index < -0.39 is 7.12 Å². The molecule has 0 radical (unpaired) electrons. The summed E-state index contributed by atoms with van der Waals surface area (Å²) in [5.41, 5.74) is 7.67. The lowest BCUT2D eigenvalue weighted by Gasteiger charge is -2.32. The van der Waals surface area contributed by atoms with Crippen molar-refractivity contribution in [3.63, 3.8) is 0 Å². The summed E-state index contributed by atoms with van der Waals surface area (Å²) >= 11 is 10.4. The molecular formula is C15H21BClNO2S. The van der Waals surface area contributed by atoms with Crippen molar-refractivity contribution in [3.05, 3.63) is 34.3 Å². The van der Waals surface area contributed by atoms with Crippen LogP contribution in [-0.4, -0.2) is 24.1 Å². The number of benzene rings is 1. The first kappa shape index (κ1) is 16.8. The first-order chi connectivity index (χ1) is 9.66. The van der Waals surface area contributed by atoms with E-state index in [1.54, 1.807) is 12.1 Å². The molecule has 0 atom stereocenters. The lowest BCUT2D eigenvalue weighted by molar-refractivity contribution is 0.00578. The molecule has 0 aromatic heterocycles. The van der Waals surface area contributed by atoms with E-state index in [2.05, 4.69) is 12.6 Å². The topological polar surface area (TPSA) is 44.5 Å². The van der Waals surface area contributed by atoms with Crippen molar-refractivity contribution in [1.29, 1.82) is 0 Å². The fourth-order valence-electron chi connectivity index (χ4n) is 2.05. The molecule has 1 aromatic carbocycles. The summed E-state index contributed by atoms with van der Waals surface area (Å²) in [6.07, 6.45) is 1.94. The zero-order valence-electron chi connectivity index (χ0n) is 12.8. The number of rotatable bonds is 3. The number of anilines is 1. The summed E-state index contributed by atoms with van der Waals surface area (Å²) in [5, 5.41) is 0.642. The zero-order valence-corrected chi connectivity index (χ0v) is 14.5. The maximum absolute atomic E-state index is 6.05. The zero-order chi connectivity index (χ0) is 15.8. The Morgan fingerprint density at radius 3 is 2.38 bits per heavy atom. The van der Waals surface area contributed by atoms with Gasteiger partial charge in [0.1, 0.15) is 0 Å². The van der Waals surface area contributed by atoms with E-state index in [0.29, 0.717) is 16.5 Å². The van der Waals surface area contributed by atoms with Crippen molar-refractivity contribution in [2.45, 2.75) is 38.9 Å². The van der Waals surface area contributed by atoms with Gasteiger partial charge < -0.3 is 15.0 Å². The molecule has 0 aliphatic carbocycles. The summed E-state index contributed by atoms with van der Waals surface area (Å²) < 4.78 is 12.1. The highest BCUT2D eigenvalue weighted by Gasteiger charge is 2.52. The molecule has 0 saturated carbocycles. The van der Waals surface area contributed by atoms with Gasteiger partial charge in [0.05, 0.1) is 11.2 Å². The van der Waals surface area contributed by atoms with Crippen LogP contribution in [0.1, 0.15) is 33.3 Å². The van der Waals surface area contributed by atoms with E-state index in [4.69, 9.17) is 26.6 Å². The van der Waals surface area contributed by atoms with Crippen molar-refractivity contribution in [2.75, 3.05) is 11.5 Å². The van der Waals surface area contributed by atoms with Crippen LogP contribution in [0.15, 0.2) is 23.7 Å². The van der Waals surface area contributed by atoms with Gasteiger partial charge in [0, 0.05) is 16.5 Å². The normalized spacial score (nSPS) is 20.9. The molecule has 2 rings (SSSR count). The lowest BCUT2D eigenvalue weighted by Crippen LogP contribution is -2.41. The van der Waals surface area contributed by atoms with Gasteiger partial charge in [-0.2, -0.15) is 12.6 Å². The molecule has 114 valence electrons. The largest absolute Gasteiger partial charge is 0.491 e. The SMILES string of the molecule is CC1(C)OB(C(=Cc2cc(Cl)ccc2N)CS)OC1(C)C. The Morgan fingerprint density at radius 2 is 1.86 bits per heavy atom. The second kappa shape index (κ2) is 5.88. The molecule has 2 N–H and O–H groups in total. The highest BCUT2D eigenvalue weighted by atomic mass is 35.5. The Kier molecular flexibility index (Phi) is 4.69. The predicted molar refractivity (Wildman–Crippen MR) is 93.8 cm³/mol. The van der Waals surface area contributed by atoms with Crippen molar-refractivity contribution < 1.29 is 9.31 Å². The average molecular weight is 326 g/mol. The van der Waals surface area contributed by atoms with E-state index >= 15 is 0 Å². The summed E-state index contributed by atoms with van der Waals surface area (Å²) in [7, 11) is -0.425. The van der Waals surface area contributed by atoms with E-state index in [0.717, 1.165) is 11.0 Å². The third-order valence-corrected chi connectivity index (χ3v) is 4.73. The molecule has 3 nitrogen and oxygen atoms in total. The molecule has 0 spiro atoms. The van der Waals surface area contributed by atoms with Crippen LogP contribution in [0.2, 0.25) is 5.02 Å². The van der Waals surface area contributed by atoms with Gasteiger partial charge in [-0.05, 0) is 56.9 Å². The fraction of sp³-hybridized carbons (Fsp3) is 0.467. The first-order valence-electron chi connectivity index (χ1n) is 6.88. The fourth-order valence-corrected chi connectivity index (χ4v) is 2.47. The molecule has 1 saturated heterocycles. The van der Waals surface area contributed by atoms with Crippen LogP contribution in [0.5, 0.6) is 0 Å². The van der Waals surface area contributed by atoms with Crippen molar-refractivity contribution in [3.8, 4) is 0 Å². The predicted octanol–water partition coefficient (Wildman–Crippen LogP) is 3.87. The molecule has 1 fully saturated rings. The maximum Gasteiger partial charge on any atom is 0.491 e. The Morgan fingerprint density at radius 1 is 1.29 bits per heavy atom. The van der Waals surface area contributed by atoms with Gasteiger partial charge in [-0.15, -0.1) is 0 Å². The molecule has 0 unspecified atom stereocenters. The number of nitrogen functional groups attached to an aromatic ring is 1. The van der Waals surface area contributed by atoms with Crippen LogP contribution in [0, 0.1) is 0 Å². The number of hydrogen-bond donors (Lipinski definition) is 2.